The second-order valence-electron chi connectivity index (χ2n) is 6.77. The topological polar surface area (TPSA) is 35.2 Å². The Labute approximate surface area is 117 Å². The van der Waals surface area contributed by atoms with Crippen molar-refractivity contribution in [2.75, 3.05) is 7.11 Å². The first-order chi connectivity index (χ1) is 8.90. The number of nitrogens with two attached hydrogens (primary N) is 1. The van der Waals surface area contributed by atoms with Crippen molar-refractivity contribution >= 4 is 0 Å². The molecule has 0 radical (unpaired) electrons. The quantitative estimate of drug-likeness (QED) is 0.893. The van der Waals surface area contributed by atoms with Crippen LogP contribution in [0.4, 0.5) is 0 Å². The molecule has 1 unspecified atom stereocenters. The van der Waals surface area contributed by atoms with Crippen molar-refractivity contribution < 1.29 is 4.74 Å². The molecule has 0 saturated heterocycles. The Hall–Kier alpha value is -0.860. The summed E-state index contributed by atoms with van der Waals surface area (Å²) in [5.41, 5.74) is 9.30. The van der Waals surface area contributed by atoms with Crippen molar-refractivity contribution in [2.45, 2.75) is 58.1 Å². The molecule has 2 nitrogen and oxygen atoms in total. The summed E-state index contributed by atoms with van der Waals surface area (Å²) in [5, 5.41) is 0. The normalized spacial score (nSPS) is 23.0. The highest BCUT2D eigenvalue weighted by molar-refractivity contribution is 5.31. The van der Waals surface area contributed by atoms with Crippen LogP contribution in [0.15, 0.2) is 24.3 Å². The number of benzene rings is 1. The Balaban J connectivity index is 2.25. The van der Waals surface area contributed by atoms with E-state index in [1.165, 1.54) is 24.0 Å². The lowest BCUT2D eigenvalue weighted by atomic mass is 9.67. The summed E-state index contributed by atoms with van der Waals surface area (Å²) in [7, 11) is 1.82. The molecule has 2 N–H and O–H groups in total. The fraction of sp³-hybridized carbons (Fsp3) is 0.647. The van der Waals surface area contributed by atoms with Crippen LogP contribution in [0.1, 0.15) is 56.7 Å². The maximum absolute atomic E-state index is 6.58. The number of aryl methyl sites for hydroxylation is 1. The van der Waals surface area contributed by atoms with Gasteiger partial charge in [0.15, 0.2) is 0 Å². The van der Waals surface area contributed by atoms with E-state index in [2.05, 4.69) is 45.0 Å². The number of hydrogen-bond donors (Lipinski definition) is 1. The molecule has 1 saturated carbocycles. The molecule has 1 aromatic rings. The Bertz CT molecular complexity index is 429. The molecule has 1 aliphatic rings. The zero-order valence-electron chi connectivity index (χ0n) is 12.7. The van der Waals surface area contributed by atoms with E-state index >= 15 is 0 Å². The van der Waals surface area contributed by atoms with Crippen LogP contribution in [-0.2, 0) is 4.74 Å². The van der Waals surface area contributed by atoms with Gasteiger partial charge in [0.1, 0.15) is 0 Å². The van der Waals surface area contributed by atoms with Gasteiger partial charge in [0.2, 0.25) is 0 Å². The van der Waals surface area contributed by atoms with Crippen LogP contribution < -0.4 is 5.73 Å². The predicted molar refractivity (Wildman–Crippen MR) is 80.1 cm³/mol. The molecule has 0 amide bonds. The van der Waals surface area contributed by atoms with Crippen molar-refractivity contribution in [2.24, 2.45) is 11.1 Å². The van der Waals surface area contributed by atoms with Gasteiger partial charge in [-0.2, -0.15) is 0 Å². The van der Waals surface area contributed by atoms with Crippen LogP contribution in [0.2, 0.25) is 0 Å². The monoisotopic (exact) mass is 261 g/mol. The number of methoxy groups -OCH3 is 1. The molecular weight excluding hydrogens is 234 g/mol. The van der Waals surface area contributed by atoms with E-state index in [4.69, 9.17) is 10.5 Å². The standard InChI is InChI=1S/C17H27NO/c1-13-7-5-6-8-14(13)15(18)17(19-4)11-9-16(2,3)10-12-17/h5-8,15H,9-12,18H2,1-4H3. The molecule has 106 valence electrons. The molecule has 2 heteroatoms. The second-order valence-corrected chi connectivity index (χ2v) is 6.77. The van der Waals surface area contributed by atoms with Gasteiger partial charge in [0, 0.05) is 7.11 Å². The Morgan fingerprint density at radius 1 is 1.11 bits per heavy atom. The Morgan fingerprint density at radius 3 is 2.21 bits per heavy atom. The number of hydrogen-bond acceptors (Lipinski definition) is 2. The molecule has 0 spiro atoms. The van der Waals surface area contributed by atoms with Crippen LogP contribution in [0.3, 0.4) is 0 Å². The van der Waals surface area contributed by atoms with Gasteiger partial charge in [-0.15, -0.1) is 0 Å². The fourth-order valence-corrected chi connectivity index (χ4v) is 3.21. The molecule has 0 aliphatic heterocycles. The van der Waals surface area contributed by atoms with Gasteiger partial charge in [-0.1, -0.05) is 38.1 Å². The highest BCUT2D eigenvalue weighted by Gasteiger charge is 2.43. The summed E-state index contributed by atoms with van der Waals surface area (Å²) in [6, 6.07) is 8.37. The van der Waals surface area contributed by atoms with E-state index in [0.717, 1.165) is 12.8 Å². The maximum atomic E-state index is 6.58. The van der Waals surface area contributed by atoms with Gasteiger partial charge in [0.25, 0.3) is 0 Å². The van der Waals surface area contributed by atoms with Crippen molar-refractivity contribution in [1.82, 2.24) is 0 Å². The molecule has 1 aromatic carbocycles. The Morgan fingerprint density at radius 2 is 1.68 bits per heavy atom. The fourth-order valence-electron chi connectivity index (χ4n) is 3.21. The third-order valence-corrected chi connectivity index (χ3v) is 4.95. The molecule has 1 aliphatic carbocycles. The maximum Gasteiger partial charge on any atom is 0.0870 e. The van der Waals surface area contributed by atoms with Crippen LogP contribution >= 0.6 is 0 Å². The van der Waals surface area contributed by atoms with Gasteiger partial charge in [-0.25, -0.2) is 0 Å². The highest BCUT2D eigenvalue weighted by Crippen LogP contribution is 2.46. The largest absolute Gasteiger partial charge is 0.376 e. The van der Waals surface area contributed by atoms with E-state index in [1.54, 1.807) is 0 Å². The van der Waals surface area contributed by atoms with Gasteiger partial charge in [-0.05, 0) is 49.1 Å². The minimum atomic E-state index is -0.193. The first-order valence-electron chi connectivity index (χ1n) is 7.26. The van der Waals surface area contributed by atoms with Crippen molar-refractivity contribution in [1.29, 1.82) is 0 Å². The summed E-state index contributed by atoms with van der Waals surface area (Å²) >= 11 is 0. The van der Waals surface area contributed by atoms with Crippen LogP contribution in [0, 0.1) is 12.3 Å². The first kappa shape index (κ1) is 14.5. The van der Waals surface area contributed by atoms with Gasteiger partial charge >= 0.3 is 0 Å². The summed E-state index contributed by atoms with van der Waals surface area (Å²) in [6.07, 6.45) is 4.46. The lowest BCUT2D eigenvalue weighted by Gasteiger charge is -2.46. The van der Waals surface area contributed by atoms with Crippen molar-refractivity contribution in [3.8, 4) is 0 Å². The predicted octanol–water partition coefficient (Wildman–Crippen LogP) is 3.98. The molecule has 0 aromatic heterocycles. The van der Waals surface area contributed by atoms with Gasteiger partial charge < -0.3 is 10.5 Å². The van der Waals surface area contributed by atoms with E-state index in [-0.39, 0.29) is 11.6 Å². The third kappa shape index (κ3) is 2.85. The number of rotatable bonds is 3. The molecule has 1 atom stereocenters. The molecule has 0 heterocycles. The smallest absolute Gasteiger partial charge is 0.0870 e. The van der Waals surface area contributed by atoms with Crippen LogP contribution in [0.25, 0.3) is 0 Å². The summed E-state index contributed by atoms with van der Waals surface area (Å²) < 4.78 is 5.92. The molecule has 19 heavy (non-hydrogen) atoms. The summed E-state index contributed by atoms with van der Waals surface area (Å²) in [5.74, 6) is 0. The molecular formula is C17H27NO. The zero-order valence-corrected chi connectivity index (χ0v) is 12.7. The number of ether oxygens (including phenoxy) is 1. The third-order valence-electron chi connectivity index (χ3n) is 4.95. The minimum Gasteiger partial charge on any atom is -0.376 e. The zero-order chi connectivity index (χ0) is 14.1. The van der Waals surface area contributed by atoms with E-state index in [1.807, 2.05) is 7.11 Å². The van der Waals surface area contributed by atoms with Gasteiger partial charge in [0.05, 0.1) is 11.6 Å². The van der Waals surface area contributed by atoms with Crippen LogP contribution in [-0.4, -0.2) is 12.7 Å². The highest BCUT2D eigenvalue weighted by atomic mass is 16.5. The average molecular weight is 261 g/mol. The van der Waals surface area contributed by atoms with Crippen molar-refractivity contribution in [3.63, 3.8) is 0 Å². The molecule has 1 fully saturated rings. The van der Waals surface area contributed by atoms with Crippen molar-refractivity contribution in [3.05, 3.63) is 35.4 Å². The van der Waals surface area contributed by atoms with E-state index in [0.29, 0.717) is 5.41 Å². The second kappa shape index (κ2) is 5.26. The first-order valence-corrected chi connectivity index (χ1v) is 7.26. The summed E-state index contributed by atoms with van der Waals surface area (Å²) in [4.78, 5) is 0. The lowest BCUT2D eigenvalue weighted by molar-refractivity contribution is -0.0795. The van der Waals surface area contributed by atoms with Crippen LogP contribution in [0.5, 0.6) is 0 Å². The average Bonchev–Trinajstić information content (AvgIpc) is 2.39. The molecule has 0 bridgehead atoms. The lowest BCUT2D eigenvalue weighted by Crippen LogP contribution is -2.47. The van der Waals surface area contributed by atoms with E-state index in [9.17, 15) is 0 Å². The SMILES string of the molecule is COC1(C(N)c2ccccc2C)CCC(C)(C)CC1. The van der Waals surface area contributed by atoms with E-state index < -0.39 is 0 Å². The molecule has 2 rings (SSSR count). The summed E-state index contributed by atoms with van der Waals surface area (Å²) in [6.45, 7) is 6.81. The minimum absolute atomic E-state index is 0.0326. The Kier molecular flexibility index (Phi) is 4.03. The van der Waals surface area contributed by atoms with Gasteiger partial charge in [-0.3, -0.25) is 0 Å².